The number of nitrogens with zero attached hydrogens (tertiary/aromatic N) is 4. The highest BCUT2D eigenvalue weighted by Gasteiger charge is 2.18. The largest absolute Gasteiger partial charge is 0.377 e. The zero-order chi connectivity index (χ0) is 11.7. The normalized spacial score (nSPS) is 20.4. The third kappa shape index (κ3) is 2.18. The second kappa shape index (κ2) is 4.67. The summed E-state index contributed by atoms with van der Waals surface area (Å²) in [6.07, 6.45) is 3.50. The van der Waals surface area contributed by atoms with Crippen LogP contribution in [0.3, 0.4) is 0 Å². The van der Waals surface area contributed by atoms with Gasteiger partial charge >= 0.3 is 0 Å². The predicted octanol–water partition coefficient (Wildman–Crippen LogP) is 0.627. The molecule has 3 heterocycles. The summed E-state index contributed by atoms with van der Waals surface area (Å²) in [5, 5.41) is 17.3. The summed E-state index contributed by atoms with van der Waals surface area (Å²) in [7, 11) is 1.65. The Hall–Kier alpha value is -1.05. The molecule has 3 rings (SSSR count). The first-order valence-electron chi connectivity index (χ1n) is 5.79. The highest BCUT2D eigenvalue weighted by molar-refractivity contribution is 7.16. The van der Waals surface area contributed by atoms with Crippen molar-refractivity contribution >= 4 is 16.3 Å². The van der Waals surface area contributed by atoms with Crippen molar-refractivity contribution in [3.05, 3.63) is 10.8 Å². The monoisotopic (exact) mass is 253 g/mol. The molecule has 92 valence electrons. The van der Waals surface area contributed by atoms with Gasteiger partial charge in [0.2, 0.25) is 4.96 Å². The van der Waals surface area contributed by atoms with Gasteiger partial charge in [-0.05, 0) is 19.4 Å². The summed E-state index contributed by atoms with van der Waals surface area (Å²) < 4.78 is 6.86. The lowest BCUT2D eigenvalue weighted by atomic mass is 10.2. The van der Waals surface area contributed by atoms with E-state index in [0.717, 1.165) is 28.8 Å². The fourth-order valence-corrected chi connectivity index (χ4v) is 3.07. The van der Waals surface area contributed by atoms with Gasteiger partial charge in [-0.2, -0.15) is 9.61 Å². The number of hydrogen-bond donors (Lipinski definition) is 1. The highest BCUT2D eigenvalue weighted by atomic mass is 32.1. The maximum Gasteiger partial charge on any atom is 0.234 e. The average Bonchev–Trinajstić information content (AvgIpc) is 2.99. The van der Waals surface area contributed by atoms with Crippen molar-refractivity contribution in [3.63, 3.8) is 0 Å². The molecule has 0 radical (unpaired) electrons. The van der Waals surface area contributed by atoms with E-state index in [1.807, 2.05) is 0 Å². The van der Waals surface area contributed by atoms with E-state index in [-0.39, 0.29) is 0 Å². The summed E-state index contributed by atoms with van der Waals surface area (Å²) in [6, 6.07) is 0.574. The number of nitrogens with one attached hydrogen (secondary N) is 1. The Labute approximate surface area is 103 Å². The summed E-state index contributed by atoms with van der Waals surface area (Å²) >= 11 is 1.61. The van der Waals surface area contributed by atoms with E-state index in [4.69, 9.17) is 4.74 Å². The van der Waals surface area contributed by atoms with E-state index in [1.54, 1.807) is 23.0 Å². The third-order valence-corrected chi connectivity index (χ3v) is 3.88. The molecular formula is C10H15N5OS. The standard InChI is InChI=1S/C10H15N5OS/c1-16-6-8-12-13-10-15(8)14-9(17-10)5-7-3-2-4-11-7/h7,11H,2-6H2,1H3. The van der Waals surface area contributed by atoms with Gasteiger partial charge in [0.25, 0.3) is 0 Å². The van der Waals surface area contributed by atoms with Gasteiger partial charge in [0, 0.05) is 19.6 Å². The van der Waals surface area contributed by atoms with Crippen LogP contribution in [-0.4, -0.2) is 39.5 Å². The first-order valence-corrected chi connectivity index (χ1v) is 6.61. The van der Waals surface area contributed by atoms with Crippen molar-refractivity contribution in [2.45, 2.75) is 31.9 Å². The van der Waals surface area contributed by atoms with Gasteiger partial charge in [0.1, 0.15) is 11.6 Å². The Bertz CT molecular complexity index is 502. The average molecular weight is 253 g/mol. The van der Waals surface area contributed by atoms with Crippen LogP contribution in [0.2, 0.25) is 0 Å². The smallest absolute Gasteiger partial charge is 0.234 e. The quantitative estimate of drug-likeness (QED) is 0.865. The Morgan fingerprint density at radius 3 is 3.24 bits per heavy atom. The van der Waals surface area contributed by atoms with Crippen molar-refractivity contribution in [2.24, 2.45) is 0 Å². The highest BCUT2D eigenvalue weighted by Crippen LogP contribution is 2.18. The molecule has 0 bridgehead atoms. The fraction of sp³-hybridized carbons (Fsp3) is 0.700. The van der Waals surface area contributed by atoms with E-state index >= 15 is 0 Å². The Morgan fingerprint density at radius 1 is 1.53 bits per heavy atom. The maximum absolute atomic E-state index is 5.07. The molecule has 1 aliphatic rings. The van der Waals surface area contributed by atoms with Gasteiger partial charge in [-0.3, -0.25) is 0 Å². The summed E-state index contributed by atoms with van der Waals surface area (Å²) in [5.41, 5.74) is 0. The van der Waals surface area contributed by atoms with Crippen molar-refractivity contribution in [1.82, 2.24) is 25.1 Å². The second-order valence-corrected chi connectivity index (χ2v) is 5.28. The first kappa shape index (κ1) is 11.1. The SMILES string of the molecule is COCc1nnc2sc(CC3CCCN3)nn12. The van der Waals surface area contributed by atoms with Gasteiger partial charge in [-0.15, -0.1) is 10.2 Å². The lowest BCUT2D eigenvalue weighted by Crippen LogP contribution is -2.23. The van der Waals surface area contributed by atoms with Crippen molar-refractivity contribution in [2.75, 3.05) is 13.7 Å². The lowest BCUT2D eigenvalue weighted by molar-refractivity contribution is 0.176. The molecule has 1 N–H and O–H groups in total. The summed E-state index contributed by atoms with van der Waals surface area (Å²) in [6.45, 7) is 1.58. The minimum absolute atomic E-state index is 0.450. The summed E-state index contributed by atoms with van der Waals surface area (Å²) in [4.78, 5) is 0.852. The number of rotatable bonds is 4. The molecular weight excluding hydrogens is 238 g/mol. The topological polar surface area (TPSA) is 64.3 Å². The van der Waals surface area contributed by atoms with Crippen LogP contribution >= 0.6 is 11.3 Å². The Kier molecular flexibility index (Phi) is 3.04. The van der Waals surface area contributed by atoms with Crippen molar-refractivity contribution in [1.29, 1.82) is 0 Å². The van der Waals surface area contributed by atoms with Crippen LogP contribution < -0.4 is 5.32 Å². The molecule has 2 aromatic heterocycles. The van der Waals surface area contributed by atoms with Crippen LogP contribution in [0.25, 0.3) is 4.96 Å². The van der Waals surface area contributed by atoms with Crippen LogP contribution in [0.4, 0.5) is 0 Å². The van der Waals surface area contributed by atoms with Gasteiger partial charge in [-0.1, -0.05) is 11.3 Å². The lowest BCUT2D eigenvalue weighted by Gasteiger charge is -2.05. The minimum Gasteiger partial charge on any atom is -0.377 e. The number of aromatic nitrogens is 4. The molecule has 0 aromatic carbocycles. The van der Waals surface area contributed by atoms with Crippen LogP contribution in [0, 0.1) is 0 Å². The molecule has 17 heavy (non-hydrogen) atoms. The molecule has 7 heteroatoms. The Morgan fingerprint density at radius 2 is 2.47 bits per heavy atom. The number of hydrogen-bond acceptors (Lipinski definition) is 6. The molecule has 0 spiro atoms. The van der Waals surface area contributed by atoms with E-state index in [1.165, 1.54) is 12.8 Å². The molecule has 2 aromatic rings. The molecule has 1 unspecified atom stereocenters. The molecule has 6 nitrogen and oxygen atoms in total. The van der Waals surface area contributed by atoms with Gasteiger partial charge < -0.3 is 10.1 Å². The molecule has 0 aliphatic carbocycles. The van der Waals surface area contributed by atoms with Gasteiger partial charge in [0.05, 0.1) is 0 Å². The predicted molar refractivity (Wildman–Crippen MR) is 64.1 cm³/mol. The maximum atomic E-state index is 5.07. The molecule has 1 atom stereocenters. The number of fused-ring (bicyclic) bond motifs is 1. The minimum atomic E-state index is 0.450. The van der Waals surface area contributed by atoms with E-state index in [2.05, 4.69) is 20.6 Å². The van der Waals surface area contributed by atoms with E-state index in [9.17, 15) is 0 Å². The van der Waals surface area contributed by atoms with Crippen molar-refractivity contribution < 1.29 is 4.74 Å². The Balaban J connectivity index is 1.80. The van der Waals surface area contributed by atoms with E-state index in [0.29, 0.717) is 12.6 Å². The zero-order valence-corrected chi connectivity index (χ0v) is 10.5. The van der Waals surface area contributed by atoms with Crippen LogP contribution in [-0.2, 0) is 17.8 Å². The number of methoxy groups -OCH3 is 1. The van der Waals surface area contributed by atoms with Crippen LogP contribution in [0.15, 0.2) is 0 Å². The van der Waals surface area contributed by atoms with Gasteiger partial charge in [0.15, 0.2) is 5.82 Å². The molecule has 1 aliphatic heterocycles. The number of ether oxygens (including phenoxy) is 1. The first-order chi connectivity index (χ1) is 8.36. The summed E-state index contributed by atoms with van der Waals surface area (Å²) in [5.74, 6) is 0.768. The van der Waals surface area contributed by atoms with E-state index < -0.39 is 0 Å². The van der Waals surface area contributed by atoms with Crippen molar-refractivity contribution in [3.8, 4) is 0 Å². The zero-order valence-electron chi connectivity index (χ0n) is 9.72. The molecule has 0 amide bonds. The third-order valence-electron chi connectivity index (χ3n) is 2.95. The van der Waals surface area contributed by atoms with Crippen LogP contribution in [0.5, 0.6) is 0 Å². The molecule has 1 saturated heterocycles. The second-order valence-electron chi connectivity index (χ2n) is 4.24. The fourth-order valence-electron chi connectivity index (χ4n) is 2.14. The van der Waals surface area contributed by atoms with Gasteiger partial charge in [-0.25, -0.2) is 0 Å². The molecule has 1 fully saturated rings. The molecule has 0 saturated carbocycles. The van der Waals surface area contributed by atoms with Crippen LogP contribution in [0.1, 0.15) is 23.7 Å².